The smallest absolute Gasteiger partial charge is 0.244 e. The summed E-state index contributed by atoms with van der Waals surface area (Å²) in [7, 11) is -0.0236. The number of benzene rings is 2. The van der Waals surface area contributed by atoms with Crippen LogP contribution in [0.25, 0.3) is 10.2 Å². The van der Waals surface area contributed by atoms with Crippen LogP contribution in [-0.2, 0) is 21.1 Å². The normalized spacial score (nSPS) is 11.9. The fourth-order valence-corrected chi connectivity index (χ4v) is 5.40. The Bertz CT molecular complexity index is 1160. The van der Waals surface area contributed by atoms with Gasteiger partial charge in [-0.05, 0) is 75.4 Å². The number of carbonyl (C=O) groups is 1. The molecular formula is C22H26FN3O3S2. The molecule has 9 heteroatoms. The molecule has 0 aliphatic rings. The van der Waals surface area contributed by atoms with E-state index in [2.05, 4.69) is 11.9 Å². The second kappa shape index (κ2) is 9.84. The predicted octanol–water partition coefficient (Wildman–Crippen LogP) is 3.76. The lowest BCUT2D eigenvalue weighted by atomic mass is 10.2. The fraction of sp³-hybridized carbons (Fsp3) is 0.364. The number of halogens is 1. The molecule has 0 saturated heterocycles. The number of carbonyl (C=O) groups excluding carboxylic acids is 1. The van der Waals surface area contributed by atoms with E-state index in [1.807, 2.05) is 37.2 Å². The van der Waals surface area contributed by atoms with Gasteiger partial charge in [0.2, 0.25) is 5.91 Å². The number of aryl methyl sites for hydroxylation is 1. The zero-order valence-corrected chi connectivity index (χ0v) is 19.5. The maximum Gasteiger partial charge on any atom is 0.244 e. The Morgan fingerprint density at radius 1 is 1.10 bits per heavy atom. The lowest BCUT2D eigenvalue weighted by Gasteiger charge is -2.21. The quantitative estimate of drug-likeness (QED) is 0.452. The molecular weight excluding hydrogens is 437 g/mol. The van der Waals surface area contributed by atoms with Crippen molar-refractivity contribution in [2.24, 2.45) is 0 Å². The van der Waals surface area contributed by atoms with E-state index in [0.717, 1.165) is 35.3 Å². The number of hydrogen-bond donors (Lipinski definition) is 0. The van der Waals surface area contributed by atoms with E-state index in [-0.39, 0.29) is 4.90 Å². The number of nitrogens with zero attached hydrogens (tertiary/aromatic N) is 3. The van der Waals surface area contributed by atoms with Gasteiger partial charge in [-0.1, -0.05) is 24.3 Å². The van der Waals surface area contributed by atoms with Crippen LogP contribution in [0.1, 0.15) is 18.9 Å². The molecule has 0 aliphatic heterocycles. The van der Waals surface area contributed by atoms with Crippen molar-refractivity contribution < 1.29 is 17.6 Å². The van der Waals surface area contributed by atoms with Gasteiger partial charge in [0.1, 0.15) is 11.6 Å². The highest BCUT2D eigenvalue weighted by atomic mass is 32.2. The summed E-state index contributed by atoms with van der Waals surface area (Å²) in [6.45, 7) is 3.18. The molecule has 0 spiro atoms. The summed E-state index contributed by atoms with van der Waals surface area (Å²) >= 11 is 1.38. The average Bonchev–Trinajstić information content (AvgIpc) is 3.13. The largest absolute Gasteiger partial charge is 0.309 e. The molecule has 0 saturated carbocycles. The van der Waals surface area contributed by atoms with Crippen LogP contribution < -0.4 is 4.90 Å². The summed E-state index contributed by atoms with van der Waals surface area (Å²) < 4.78 is 39.6. The molecule has 0 atom stereocenters. The number of rotatable bonds is 9. The zero-order valence-electron chi connectivity index (χ0n) is 17.8. The van der Waals surface area contributed by atoms with Crippen LogP contribution in [0.3, 0.4) is 0 Å². The van der Waals surface area contributed by atoms with Gasteiger partial charge in [-0.15, -0.1) is 0 Å². The Morgan fingerprint density at radius 2 is 1.81 bits per heavy atom. The van der Waals surface area contributed by atoms with Crippen LogP contribution >= 0.6 is 11.3 Å². The first kappa shape index (κ1) is 23.3. The van der Waals surface area contributed by atoms with Crippen LogP contribution in [0.15, 0.2) is 47.4 Å². The van der Waals surface area contributed by atoms with E-state index in [9.17, 15) is 17.6 Å². The second-order valence-corrected chi connectivity index (χ2v) is 10.6. The third-order valence-corrected chi connectivity index (χ3v) is 7.51. The number of amides is 1. The molecule has 1 aromatic heterocycles. The molecule has 0 unspecified atom stereocenters. The molecule has 2 aromatic carbocycles. The Balaban J connectivity index is 1.89. The number of sulfone groups is 1. The van der Waals surface area contributed by atoms with Crippen LogP contribution in [-0.4, -0.2) is 57.1 Å². The SMILES string of the molecule is CCc1ccc2nc(N(CCCN(C)C)C(=O)CS(=O)(=O)c3ccc(F)cc3)sc2c1. The molecule has 166 valence electrons. The molecule has 0 N–H and O–H groups in total. The van der Waals surface area contributed by atoms with E-state index < -0.39 is 27.3 Å². The number of fused-ring (bicyclic) bond motifs is 1. The van der Waals surface area contributed by atoms with Crippen molar-refractivity contribution in [2.75, 3.05) is 37.8 Å². The standard InChI is InChI=1S/C22H26FN3O3S2/c1-4-16-6-11-19-20(14-16)30-22(24-19)26(13-5-12-25(2)3)21(27)15-31(28,29)18-9-7-17(23)8-10-18/h6-11,14H,4-5,12-13,15H2,1-3H3. The molecule has 0 bridgehead atoms. The Kier molecular flexibility index (Phi) is 7.40. The highest BCUT2D eigenvalue weighted by molar-refractivity contribution is 7.92. The lowest BCUT2D eigenvalue weighted by Crippen LogP contribution is -2.37. The molecule has 0 aliphatic carbocycles. The van der Waals surface area contributed by atoms with Gasteiger partial charge in [-0.2, -0.15) is 0 Å². The van der Waals surface area contributed by atoms with Gasteiger partial charge in [0.15, 0.2) is 15.0 Å². The Morgan fingerprint density at radius 3 is 2.45 bits per heavy atom. The fourth-order valence-electron chi connectivity index (χ4n) is 3.13. The summed E-state index contributed by atoms with van der Waals surface area (Å²) in [4.78, 5) is 21.1. The molecule has 0 radical (unpaired) electrons. The van der Waals surface area contributed by atoms with Gasteiger partial charge in [-0.25, -0.2) is 17.8 Å². The maximum absolute atomic E-state index is 13.2. The van der Waals surface area contributed by atoms with Crippen molar-refractivity contribution >= 4 is 42.4 Å². The lowest BCUT2D eigenvalue weighted by molar-refractivity contribution is -0.116. The molecule has 0 fully saturated rings. The van der Waals surface area contributed by atoms with Crippen molar-refractivity contribution in [2.45, 2.75) is 24.7 Å². The minimum atomic E-state index is -3.90. The highest BCUT2D eigenvalue weighted by Crippen LogP contribution is 2.30. The van der Waals surface area contributed by atoms with Gasteiger partial charge in [0.05, 0.1) is 15.1 Å². The van der Waals surface area contributed by atoms with Crippen LogP contribution in [0.2, 0.25) is 0 Å². The first-order valence-corrected chi connectivity index (χ1v) is 12.5. The summed E-state index contributed by atoms with van der Waals surface area (Å²) in [5, 5.41) is 0.487. The minimum absolute atomic E-state index is 0.0765. The second-order valence-electron chi connectivity index (χ2n) is 7.57. The van der Waals surface area contributed by atoms with Crippen LogP contribution in [0, 0.1) is 5.82 Å². The minimum Gasteiger partial charge on any atom is -0.309 e. The maximum atomic E-state index is 13.2. The van der Waals surface area contributed by atoms with Crippen molar-refractivity contribution in [1.82, 2.24) is 9.88 Å². The monoisotopic (exact) mass is 463 g/mol. The van der Waals surface area contributed by atoms with Gasteiger partial charge < -0.3 is 4.90 Å². The summed E-state index contributed by atoms with van der Waals surface area (Å²) in [5.74, 6) is -1.77. The van der Waals surface area contributed by atoms with Crippen molar-refractivity contribution in [1.29, 1.82) is 0 Å². The van der Waals surface area contributed by atoms with E-state index >= 15 is 0 Å². The highest BCUT2D eigenvalue weighted by Gasteiger charge is 2.26. The Labute approximate surface area is 186 Å². The van der Waals surface area contributed by atoms with Crippen molar-refractivity contribution in [3.63, 3.8) is 0 Å². The number of aromatic nitrogens is 1. The molecule has 31 heavy (non-hydrogen) atoms. The zero-order chi connectivity index (χ0) is 22.6. The summed E-state index contributed by atoms with van der Waals surface area (Å²) in [5.41, 5.74) is 1.95. The van der Waals surface area contributed by atoms with Gasteiger partial charge in [-0.3, -0.25) is 9.69 Å². The molecule has 3 aromatic rings. The molecule has 1 heterocycles. The first-order chi connectivity index (χ1) is 14.7. The third-order valence-electron chi connectivity index (χ3n) is 4.86. The molecule has 1 amide bonds. The van der Waals surface area contributed by atoms with E-state index in [1.165, 1.54) is 33.9 Å². The Hall–Kier alpha value is -2.36. The van der Waals surface area contributed by atoms with Crippen LogP contribution in [0.5, 0.6) is 0 Å². The average molecular weight is 464 g/mol. The number of thiazole rings is 1. The topological polar surface area (TPSA) is 70.6 Å². The van der Waals surface area contributed by atoms with E-state index in [4.69, 9.17) is 0 Å². The molecule has 3 rings (SSSR count). The van der Waals surface area contributed by atoms with Gasteiger partial charge in [0, 0.05) is 6.54 Å². The summed E-state index contributed by atoms with van der Waals surface area (Å²) in [6.07, 6.45) is 1.57. The summed E-state index contributed by atoms with van der Waals surface area (Å²) in [6, 6.07) is 10.5. The van der Waals surface area contributed by atoms with Crippen molar-refractivity contribution in [3.8, 4) is 0 Å². The van der Waals surface area contributed by atoms with Crippen molar-refractivity contribution in [3.05, 3.63) is 53.8 Å². The molecule has 6 nitrogen and oxygen atoms in total. The predicted molar refractivity (Wildman–Crippen MR) is 123 cm³/mol. The van der Waals surface area contributed by atoms with Gasteiger partial charge in [0.25, 0.3) is 0 Å². The van der Waals surface area contributed by atoms with Gasteiger partial charge >= 0.3 is 0 Å². The first-order valence-electron chi connectivity index (χ1n) is 10.0. The number of hydrogen-bond acceptors (Lipinski definition) is 6. The van der Waals surface area contributed by atoms with Crippen LogP contribution in [0.4, 0.5) is 9.52 Å². The van der Waals surface area contributed by atoms with E-state index in [0.29, 0.717) is 18.1 Å². The number of anilines is 1. The van der Waals surface area contributed by atoms with E-state index in [1.54, 1.807) is 0 Å². The third kappa shape index (κ3) is 5.87.